The minimum Gasteiger partial charge on any atom is -0.483 e. The summed E-state index contributed by atoms with van der Waals surface area (Å²) in [5, 5.41) is 12.5. The standard InChI is InChI=1S/C22H21NO6/c1-3-14-11-19(25)29-17-10-13(2)9-16(20(14)17)28-12-18(24)23-21(22(26)27)15-7-5-4-6-8-15/h4-11,21H,3,12H2,1-2H3,(H,23,24)(H,26,27). The molecular weight excluding hydrogens is 374 g/mol. The van der Waals surface area contributed by atoms with Crippen molar-refractivity contribution in [3.8, 4) is 5.75 Å². The summed E-state index contributed by atoms with van der Waals surface area (Å²) in [6, 6.07) is 12.1. The van der Waals surface area contributed by atoms with Crippen LogP contribution >= 0.6 is 0 Å². The van der Waals surface area contributed by atoms with Gasteiger partial charge in [0.15, 0.2) is 12.6 Å². The molecule has 7 heteroatoms. The Bertz CT molecular complexity index is 1100. The number of benzene rings is 2. The molecule has 1 atom stereocenters. The maximum absolute atomic E-state index is 12.4. The van der Waals surface area contributed by atoms with Gasteiger partial charge in [0, 0.05) is 6.07 Å². The van der Waals surface area contributed by atoms with Crippen molar-refractivity contribution in [2.45, 2.75) is 26.3 Å². The number of ether oxygens (including phenoxy) is 1. The van der Waals surface area contributed by atoms with Gasteiger partial charge < -0.3 is 19.6 Å². The molecule has 0 aliphatic rings. The van der Waals surface area contributed by atoms with Crippen molar-refractivity contribution >= 4 is 22.8 Å². The molecule has 0 fully saturated rings. The van der Waals surface area contributed by atoms with Crippen molar-refractivity contribution in [1.29, 1.82) is 0 Å². The van der Waals surface area contributed by atoms with E-state index in [1.54, 1.807) is 42.5 Å². The first-order chi connectivity index (χ1) is 13.9. The van der Waals surface area contributed by atoms with Crippen molar-refractivity contribution in [2.24, 2.45) is 0 Å². The van der Waals surface area contributed by atoms with Crippen molar-refractivity contribution in [1.82, 2.24) is 5.32 Å². The zero-order chi connectivity index (χ0) is 21.0. The quantitative estimate of drug-likeness (QED) is 0.596. The number of hydrogen-bond donors (Lipinski definition) is 2. The second-order valence-corrected chi connectivity index (χ2v) is 6.62. The van der Waals surface area contributed by atoms with E-state index in [1.807, 2.05) is 13.8 Å². The Hall–Kier alpha value is -3.61. The molecule has 0 bridgehead atoms. The molecule has 0 aliphatic carbocycles. The predicted octanol–water partition coefficient (Wildman–Crippen LogP) is 2.98. The number of carboxylic acids is 1. The van der Waals surface area contributed by atoms with E-state index < -0.39 is 23.5 Å². The smallest absolute Gasteiger partial charge is 0.336 e. The van der Waals surface area contributed by atoms with E-state index >= 15 is 0 Å². The molecule has 7 nitrogen and oxygen atoms in total. The van der Waals surface area contributed by atoms with Crippen LogP contribution in [-0.4, -0.2) is 23.6 Å². The van der Waals surface area contributed by atoms with Crippen molar-refractivity contribution in [2.75, 3.05) is 6.61 Å². The van der Waals surface area contributed by atoms with Crippen molar-refractivity contribution in [3.05, 3.63) is 75.6 Å². The Labute approximate surface area is 166 Å². The molecular formula is C22H21NO6. The van der Waals surface area contributed by atoms with E-state index in [4.69, 9.17) is 9.15 Å². The van der Waals surface area contributed by atoms with Gasteiger partial charge in [-0.05, 0) is 42.2 Å². The molecule has 3 rings (SSSR count). The monoisotopic (exact) mass is 395 g/mol. The van der Waals surface area contributed by atoms with E-state index in [0.717, 1.165) is 11.1 Å². The number of amides is 1. The fourth-order valence-electron chi connectivity index (χ4n) is 3.14. The second kappa shape index (κ2) is 8.60. The molecule has 0 radical (unpaired) electrons. The lowest BCUT2D eigenvalue weighted by molar-refractivity contribution is -0.142. The highest BCUT2D eigenvalue weighted by Crippen LogP contribution is 2.30. The molecule has 2 N–H and O–H groups in total. The van der Waals surface area contributed by atoms with Crippen LogP contribution in [0.3, 0.4) is 0 Å². The van der Waals surface area contributed by atoms with E-state index in [1.165, 1.54) is 6.07 Å². The van der Waals surface area contributed by atoms with E-state index in [2.05, 4.69) is 5.32 Å². The zero-order valence-corrected chi connectivity index (χ0v) is 16.1. The van der Waals surface area contributed by atoms with Crippen molar-refractivity contribution < 1.29 is 23.8 Å². The first-order valence-corrected chi connectivity index (χ1v) is 9.16. The highest BCUT2D eigenvalue weighted by molar-refractivity contribution is 5.89. The number of carbonyl (C=O) groups is 2. The third-order valence-electron chi connectivity index (χ3n) is 4.46. The molecule has 0 saturated heterocycles. The number of aryl methyl sites for hydroxylation is 2. The summed E-state index contributed by atoms with van der Waals surface area (Å²) in [6.45, 7) is 3.35. The van der Waals surface area contributed by atoms with Crippen LogP contribution in [0.4, 0.5) is 0 Å². The molecule has 2 aromatic carbocycles. The van der Waals surface area contributed by atoms with Gasteiger partial charge >= 0.3 is 11.6 Å². The Balaban J connectivity index is 1.82. The fraction of sp³-hybridized carbons (Fsp3) is 0.227. The average molecular weight is 395 g/mol. The Kier molecular flexibility index (Phi) is 5.97. The Morgan fingerprint density at radius 1 is 1.17 bits per heavy atom. The lowest BCUT2D eigenvalue weighted by Gasteiger charge is -2.16. The Morgan fingerprint density at radius 2 is 1.90 bits per heavy atom. The van der Waals surface area contributed by atoms with Crippen LogP contribution in [0.1, 0.15) is 29.7 Å². The van der Waals surface area contributed by atoms with Gasteiger partial charge in [-0.3, -0.25) is 4.79 Å². The van der Waals surface area contributed by atoms with E-state index in [-0.39, 0.29) is 6.61 Å². The van der Waals surface area contributed by atoms with Gasteiger partial charge in [-0.2, -0.15) is 0 Å². The molecule has 150 valence electrons. The first-order valence-electron chi connectivity index (χ1n) is 9.16. The number of rotatable bonds is 7. The summed E-state index contributed by atoms with van der Waals surface area (Å²) in [7, 11) is 0. The molecule has 3 aromatic rings. The zero-order valence-electron chi connectivity index (χ0n) is 16.1. The molecule has 0 aliphatic heterocycles. The maximum atomic E-state index is 12.4. The molecule has 0 spiro atoms. The van der Waals surface area contributed by atoms with Crippen LogP contribution in [0.25, 0.3) is 11.0 Å². The van der Waals surface area contributed by atoms with Gasteiger partial charge in [-0.25, -0.2) is 9.59 Å². The minimum absolute atomic E-state index is 0.378. The summed E-state index contributed by atoms with van der Waals surface area (Å²) < 4.78 is 11.0. The third-order valence-corrected chi connectivity index (χ3v) is 4.46. The van der Waals surface area contributed by atoms with Gasteiger partial charge in [-0.1, -0.05) is 37.3 Å². The molecule has 29 heavy (non-hydrogen) atoms. The SMILES string of the molecule is CCc1cc(=O)oc2cc(C)cc(OCC(=O)NC(C(=O)O)c3ccccc3)c12. The van der Waals surface area contributed by atoms with Gasteiger partial charge in [0.2, 0.25) is 0 Å². The van der Waals surface area contributed by atoms with Crippen molar-refractivity contribution in [3.63, 3.8) is 0 Å². The average Bonchev–Trinajstić information content (AvgIpc) is 2.69. The second-order valence-electron chi connectivity index (χ2n) is 6.62. The summed E-state index contributed by atoms with van der Waals surface area (Å²) in [5.41, 5.74) is 1.95. The van der Waals surface area contributed by atoms with Crippen LogP contribution in [0, 0.1) is 6.92 Å². The van der Waals surface area contributed by atoms with Crippen LogP contribution < -0.4 is 15.7 Å². The highest BCUT2D eigenvalue weighted by atomic mass is 16.5. The Morgan fingerprint density at radius 3 is 2.55 bits per heavy atom. The molecule has 1 heterocycles. The molecule has 1 unspecified atom stereocenters. The number of aliphatic carboxylic acids is 1. The van der Waals surface area contributed by atoms with Crippen LogP contribution in [0.2, 0.25) is 0 Å². The maximum Gasteiger partial charge on any atom is 0.336 e. The third kappa shape index (κ3) is 4.63. The normalized spacial score (nSPS) is 11.8. The first kappa shape index (κ1) is 20.1. The topological polar surface area (TPSA) is 106 Å². The lowest BCUT2D eigenvalue weighted by atomic mass is 10.1. The summed E-state index contributed by atoms with van der Waals surface area (Å²) in [6.07, 6.45) is 0.586. The summed E-state index contributed by atoms with van der Waals surface area (Å²) in [4.78, 5) is 35.7. The molecule has 1 amide bonds. The van der Waals surface area contributed by atoms with Crippen LogP contribution in [-0.2, 0) is 16.0 Å². The molecule has 1 aromatic heterocycles. The number of fused-ring (bicyclic) bond motifs is 1. The predicted molar refractivity (Wildman–Crippen MR) is 107 cm³/mol. The summed E-state index contributed by atoms with van der Waals surface area (Å²) >= 11 is 0. The molecule has 0 saturated carbocycles. The van der Waals surface area contributed by atoms with Gasteiger partial charge in [0.25, 0.3) is 5.91 Å². The highest BCUT2D eigenvalue weighted by Gasteiger charge is 2.22. The largest absolute Gasteiger partial charge is 0.483 e. The van der Waals surface area contributed by atoms with Crippen LogP contribution in [0.5, 0.6) is 5.75 Å². The van der Waals surface area contributed by atoms with E-state index in [9.17, 15) is 19.5 Å². The number of carbonyl (C=O) groups excluding carboxylic acids is 1. The van der Waals surface area contributed by atoms with Crippen LogP contribution in [0.15, 0.2) is 57.7 Å². The summed E-state index contributed by atoms with van der Waals surface area (Å²) in [5.74, 6) is -1.34. The number of hydrogen-bond acceptors (Lipinski definition) is 5. The number of carboxylic acid groups (broad SMARTS) is 1. The van der Waals surface area contributed by atoms with Gasteiger partial charge in [-0.15, -0.1) is 0 Å². The fourth-order valence-corrected chi connectivity index (χ4v) is 3.14. The number of nitrogens with one attached hydrogen (secondary N) is 1. The van der Waals surface area contributed by atoms with Gasteiger partial charge in [0.05, 0.1) is 5.39 Å². The lowest BCUT2D eigenvalue weighted by Crippen LogP contribution is -2.36. The van der Waals surface area contributed by atoms with E-state index in [0.29, 0.717) is 28.7 Å². The minimum atomic E-state index is -1.18. The van der Waals surface area contributed by atoms with Gasteiger partial charge in [0.1, 0.15) is 11.3 Å².